The molecular formula is C33H26F8O4. The van der Waals surface area contributed by atoms with Gasteiger partial charge in [-0.2, -0.15) is 8.78 Å². The van der Waals surface area contributed by atoms with Gasteiger partial charge < -0.3 is 18.9 Å². The van der Waals surface area contributed by atoms with Crippen LogP contribution in [0.2, 0.25) is 0 Å². The first-order valence-corrected chi connectivity index (χ1v) is 13.9. The lowest BCUT2D eigenvalue weighted by Gasteiger charge is -2.30. The van der Waals surface area contributed by atoms with Crippen molar-refractivity contribution >= 4 is 0 Å². The zero-order chi connectivity index (χ0) is 32.3. The molecule has 1 saturated heterocycles. The third kappa shape index (κ3) is 7.29. The van der Waals surface area contributed by atoms with Gasteiger partial charge in [-0.3, -0.25) is 0 Å². The zero-order valence-corrected chi connectivity index (χ0v) is 23.7. The molecule has 0 spiro atoms. The number of ether oxygens (including phenoxy) is 4. The van der Waals surface area contributed by atoms with Gasteiger partial charge in [-0.25, -0.2) is 26.3 Å². The highest BCUT2D eigenvalue weighted by Crippen LogP contribution is 2.38. The van der Waals surface area contributed by atoms with Crippen LogP contribution >= 0.6 is 0 Å². The van der Waals surface area contributed by atoms with Crippen molar-refractivity contribution in [2.75, 3.05) is 19.8 Å². The summed E-state index contributed by atoms with van der Waals surface area (Å²) in [6, 6.07) is 11.1. The lowest BCUT2D eigenvalue weighted by molar-refractivity contribution is -0.230. The molecule has 0 N–H and O–H groups in total. The maximum absolute atomic E-state index is 15.0. The summed E-state index contributed by atoms with van der Waals surface area (Å²) in [4.78, 5) is 0. The number of hydrogen-bond donors (Lipinski definition) is 0. The Bertz CT molecular complexity index is 1610. The van der Waals surface area contributed by atoms with Crippen molar-refractivity contribution in [1.82, 2.24) is 0 Å². The van der Waals surface area contributed by atoms with Crippen LogP contribution in [0.1, 0.15) is 37.2 Å². The van der Waals surface area contributed by atoms with E-state index in [0.717, 1.165) is 31.0 Å². The topological polar surface area (TPSA) is 36.9 Å². The van der Waals surface area contributed by atoms with Gasteiger partial charge in [0.15, 0.2) is 23.7 Å². The highest BCUT2D eigenvalue weighted by molar-refractivity contribution is 5.71. The predicted molar refractivity (Wildman–Crippen MR) is 147 cm³/mol. The fourth-order valence-corrected chi connectivity index (χ4v) is 4.73. The van der Waals surface area contributed by atoms with Crippen molar-refractivity contribution in [3.63, 3.8) is 0 Å². The van der Waals surface area contributed by atoms with Gasteiger partial charge in [0.05, 0.1) is 13.2 Å². The van der Waals surface area contributed by atoms with Crippen molar-refractivity contribution in [3.8, 4) is 28.0 Å². The Kier molecular flexibility index (Phi) is 9.76. The van der Waals surface area contributed by atoms with E-state index in [1.165, 1.54) is 24.3 Å². The van der Waals surface area contributed by atoms with Crippen molar-refractivity contribution in [2.24, 2.45) is 0 Å². The highest BCUT2D eigenvalue weighted by Gasteiger charge is 2.42. The Hall–Kier alpha value is -4.00. The molecule has 45 heavy (non-hydrogen) atoms. The van der Waals surface area contributed by atoms with Crippen LogP contribution in [0.25, 0.3) is 22.3 Å². The molecule has 0 amide bonds. The van der Waals surface area contributed by atoms with E-state index in [4.69, 9.17) is 14.2 Å². The van der Waals surface area contributed by atoms with Crippen LogP contribution in [-0.4, -0.2) is 25.9 Å². The van der Waals surface area contributed by atoms with E-state index < -0.39 is 58.6 Å². The van der Waals surface area contributed by atoms with E-state index in [1.54, 1.807) is 0 Å². The van der Waals surface area contributed by atoms with Crippen LogP contribution in [0.15, 0.2) is 66.7 Å². The Balaban J connectivity index is 1.27. The zero-order valence-electron chi connectivity index (χ0n) is 23.7. The first kappa shape index (κ1) is 32.4. The third-order valence-corrected chi connectivity index (χ3v) is 7.04. The van der Waals surface area contributed by atoms with Crippen LogP contribution in [0.4, 0.5) is 35.1 Å². The summed E-state index contributed by atoms with van der Waals surface area (Å²) in [5.41, 5.74) is -1.58. The van der Waals surface area contributed by atoms with Crippen molar-refractivity contribution in [3.05, 3.63) is 113 Å². The quantitative estimate of drug-likeness (QED) is 0.0986. The molecule has 0 aromatic heterocycles. The number of rotatable bonds is 10. The smallest absolute Gasteiger partial charge is 0.429 e. The fourth-order valence-electron chi connectivity index (χ4n) is 4.73. The normalized spacial score (nSPS) is 17.0. The molecule has 0 aliphatic carbocycles. The lowest BCUT2D eigenvalue weighted by atomic mass is 9.99. The molecule has 12 heteroatoms. The first-order valence-electron chi connectivity index (χ1n) is 13.9. The maximum Gasteiger partial charge on any atom is 0.432 e. The molecule has 4 aromatic rings. The number of hydrogen-bond acceptors (Lipinski definition) is 4. The van der Waals surface area contributed by atoms with Crippen molar-refractivity contribution in [1.29, 1.82) is 0 Å². The second-order valence-corrected chi connectivity index (χ2v) is 10.3. The Labute approximate surface area is 253 Å². The highest BCUT2D eigenvalue weighted by atomic mass is 19.3. The minimum atomic E-state index is -4.42. The molecule has 0 saturated carbocycles. The average molecular weight is 639 g/mol. The molecule has 1 heterocycles. The van der Waals surface area contributed by atoms with Crippen molar-refractivity contribution < 1.29 is 54.1 Å². The van der Waals surface area contributed by atoms with E-state index in [2.05, 4.69) is 4.74 Å². The van der Waals surface area contributed by atoms with Gasteiger partial charge in [-0.15, -0.1) is 0 Å². The van der Waals surface area contributed by atoms with E-state index in [0.29, 0.717) is 36.4 Å². The molecule has 238 valence electrons. The van der Waals surface area contributed by atoms with E-state index in [9.17, 15) is 35.1 Å². The molecule has 1 aliphatic rings. The third-order valence-electron chi connectivity index (χ3n) is 7.04. The molecule has 1 aliphatic heterocycles. The summed E-state index contributed by atoms with van der Waals surface area (Å²) in [5, 5.41) is 0. The van der Waals surface area contributed by atoms with E-state index in [-0.39, 0.29) is 41.6 Å². The Morgan fingerprint density at radius 3 is 1.87 bits per heavy atom. The molecule has 4 aromatic carbocycles. The lowest BCUT2D eigenvalue weighted by Crippen LogP contribution is -2.34. The summed E-state index contributed by atoms with van der Waals surface area (Å²) < 4.78 is 136. The SMILES string of the molecule is CCCCOC1COC(c2cc(F)c(C(F)(F)Oc3ccc(-c4ccc(-c5cc(F)c(F)c(F)c5)c(F)c4)cc3)c(F)c2)OC1. The number of unbranched alkanes of at least 4 members (excludes halogenated alkanes) is 1. The van der Waals surface area contributed by atoms with Crippen molar-refractivity contribution in [2.45, 2.75) is 38.3 Å². The molecule has 0 bridgehead atoms. The van der Waals surface area contributed by atoms with Gasteiger partial charge in [0.2, 0.25) is 0 Å². The molecule has 5 rings (SSSR count). The molecule has 0 radical (unpaired) electrons. The Morgan fingerprint density at radius 2 is 1.29 bits per heavy atom. The van der Waals surface area contributed by atoms with E-state index in [1.807, 2.05) is 6.92 Å². The van der Waals surface area contributed by atoms with Crippen LogP contribution in [0.3, 0.4) is 0 Å². The largest absolute Gasteiger partial charge is 0.432 e. The standard InChI is InChI=1S/C33H26F8O4/c1-2-3-10-42-23-16-43-32(44-17-23)21-14-26(35)30(27(36)15-21)33(40,41)45-22-7-4-18(5-8-22)19-6-9-24(25(34)11-19)20-12-28(37)31(39)29(38)13-20/h4-9,11-15,23,32H,2-3,10,16-17H2,1H3. The molecule has 4 nitrogen and oxygen atoms in total. The summed E-state index contributed by atoms with van der Waals surface area (Å²) >= 11 is 0. The molecule has 1 fully saturated rings. The van der Waals surface area contributed by atoms with Crippen LogP contribution in [-0.2, 0) is 20.3 Å². The fraction of sp³-hybridized carbons (Fsp3) is 0.273. The number of alkyl halides is 2. The molecular weight excluding hydrogens is 612 g/mol. The molecule has 0 atom stereocenters. The predicted octanol–water partition coefficient (Wildman–Crippen LogP) is 9.21. The van der Waals surface area contributed by atoms with E-state index >= 15 is 0 Å². The minimum Gasteiger partial charge on any atom is -0.429 e. The number of benzene rings is 4. The van der Waals surface area contributed by atoms with Crippen LogP contribution < -0.4 is 4.74 Å². The summed E-state index contributed by atoms with van der Waals surface area (Å²) in [6.07, 6.45) is -4.17. The second kappa shape index (κ2) is 13.6. The molecule has 0 unspecified atom stereocenters. The minimum absolute atomic E-state index is 0.0969. The monoisotopic (exact) mass is 638 g/mol. The summed E-state index contributed by atoms with van der Waals surface area (Å²) in [6.45, 7) is 2.70. The van der Waals surface area contributed by atoms with Crippen LogP contribution in [0.5, 0.6) is 5.75 Å². The van der Waals surface area contributed by atoms with Gasteiger partial charge >= 0.3 is 6.11 Å². The number of halogens is 8. The maximum atomic E-state index is 15.0. The summed E-state index contributed by atoms with van der Waals surface area (Å²) in [5.74, 6) is -9.13. The second-order valence-electron chi connectivity index (χ2n) is 10.3. The summed E-state index contributed by atoms with van der Waals surface area (Å²) in [7, 11) is 0. The van der Waals surface area contributed by atoms with Gasteiger partial charge in [0.25, 0.3) is 0 Å². The van der Waals surface area contributed by atoms with Gasteiger partial charge in [-0.05, 0) is 65.6 Å². The Morgan fingerprint density at radius 1 is 0.711 bits per heavy atom. The first-order chi connectivity index (χ1) is 21.5. The van der Waals surface area contributed by atoms with Crippen LogP contribution in [0, 0.1) is 34.9 Å². The van der Waals surface area contributed by atoms with Gasteiger partial charge in [0, 0.05) is 17.7 Å². The van der Waals surface area contributed by atoms with Gasteiger partial charge in [-0.1, -0.05) is 37.6 Å². The van der Waals surface area contributed by atoms with Gasteiger partial charge in [0.1, 0.15) is 34.9 Å². The average Bonchev–Trinajstić information content (AvgIpc) is 2.99.